The number of nitrogens with two attached hydrogens (primary N) is 1. The van der Waals surface area contributed by atoms with Gasteiger partial charge >= 0.3 is 0 Å². The summed E-state index contributed by atoms with van der Waals surface area (Å²) in [6.45, 7) is 1.98. The SMILES string of the molecule is NCc1ccccc1.OCNCCNCO. The van der Waals surface area contributed by atoms with E-state index in [1.807, 2.05) is 30.3 Å². The zero-order chi connectivity index (χ0) is 12.1. The number of benzene rings is 1. The highest BCUT2D eigenvalue weighted by atomic mass is 16.3. The average molecular weight is 227 g/mol. The van der Waals surface area contributed by atoms with E-state index < -0.39 is 0 Å². The maximum absolute atomic E-state index is 8.16. The fraction of sp³-hybridized carbons (Fsp3) is 0.455. The topological polar surface area (TPSA) is 90.5 Å². The highest BCUT2D eigenvalue weighted by Gasteiger charge is 1.80. The summed E-state index contributed by atoms with van der Waals surface area (Å²) in [5.74, 6) is 0. The van der Waals surface area contributed by atoms with Gasteiger partial charge in [-0.2, -0.15) is 0 Å². The van der Waals surface area contributed by atoms with Gasteiger partial charge < -0.3 is 15.9 Å². The highest BCUT2D eigenvalue weighted by Crippen LogP contribution is 1.94. The minimum Gasteiger partial charge on any atom is -0.381 e. The molecule has 0 atom stereocenters. The first kappa shape index (κ1) is 15.0. The molecule has 0 saturated heterocycles. The van der Waals surface area contributed by atoms with Crippen molar-refractivity contribution >= 4 is 0 Å². The van der Waals surface area contributed by atoms with Crippen LogP contribution in [0.2, 0.25) is 0 Å². The molecule has 0 radical (unpaired) electrons. The molecule has 6 N–H and O–H groups in total. The van der Waals surface area contributed by atoms with Crippen LogP contribution in [-0.2, 0) is 6.54 Å². The van der Waals surface area contributed by atoms with Crippen molar-refractivity contribution in [3.8, 4) is 0 Å². The maximum atomic E-state index is 8.16. The summed E-state index contributed by atoms with van der Waals surface area (Å²) in [4.78, 5) is 0. The summed E-state index contributed by atoms with van der Waals surface area (Å²) in [6.07, 6.45) is 0. The van der Waals surface area contributed by atoms with E-state index in [1.165, 1.54) is 5.56 Å². The van der Waals surface area contributed by atoms with Crippen molar-refractivity contribution < 1.29 is 10.2 Å². The Morgan fingerprint density at radius 2 is 1.44 bits per heavy atom. The predicted octanol–water partition coefficient (Wildman–Crippen LogP) is -0.789. The van der Waals surface area contributed by atoms with E-state index in [2.05, 4.69) is 10.6 Å². The first-order valence-electron chi connectivity index (χ1n) is 5.22. The van der Waals surface area contributed by atoms with Crippen molar-refractivity contribution in [1.82, 2.24) is 10.6 Å². The Bertz CT molecular complexity index is 226. The Balaban J connectivity index is 0.000000281. The van der Waals surface area contributed by atoms with E-state index >= 15 is 0 Å². The summed E-state index contributed by atoms with van der Waals surface area (Å²) >= 11 is 0. The summed E-state index contributed by atoms with van der Waals surface area (Å²) in [7, 11) is 0. The highest BCUT2D eigenvalue weighted by molar-refractivity contribution is 5.13. The molecule has 0 unspecified atom stereocenters. The monoisotopic (exact) mass is 227 g/mol. The number of nitrogens with one attached hydrogen (secondary N) is 2. The zero-order valence-electron chi connectivity index (χ0n) is 9.39. The van der Waals surface area contributed by atoms with Gasteiger partial charge in [0.2, 0.25) is 0 Å². The van der Waals surface area contributed by atoms with Gasteiger partial charge in [0.05, 0.1) is 13.5 Å². The molecule has 0 amide bonds. The van der Waals surface area contributed by atoms with E-state index in [-0.39, 0.29) is 13.5 Å². The van der Waals surface area contributed by atoms with Crippen LogP contribution in [0.25, 0.3) is 0 Å². The van der Waals surface area contributed by atoms with Crippen LogP contribution < -0.4 is 16.4 Å². The maximum Gasteiger partial charge on any atom is 0.0931 e. The van der Waals surface area contributed by atoms with Crippen LogP contribution in [0.1, 0.15) is 5.56 Å². The first-order valence-corrected chi connectivity index (χ1v) is 5.22. The lowest BCUT2D eigenvalue weighted by Gasteiger charge is -1.98. The molecule has 0 aliphatic heterocycles. The molecule has 5 nitrogen and oxygen atoms in total. The summed E-state index contributed by atoms with van der Waals surface area (Å²) in [5, 5.41) is 21.7. The van der Waals surface area contributed by atoms with Gasteiger partial charge in [-0.15, -0.1) is 0 Å². The second kappa shape index (κ2) is 12.1. The summed E-state index contributed by atoms with van der Waals surface area (Å²) in [6, 6.07) is 9.99. The second-order valence-corrected chi connectivity index (χ2v) is 3.01. The lowest BCUT2D eigenvalue weighted by atomic mass is 10.2. The lowest BCUT2D eigenvalue weighted by molar-refractivity contribution is 0.243. The fourth-order valence-electron chi connectivity index (χ4n) is 0.949. The van der Waals surface area contributed by atoms with Crippen molar-refractivity contribution in [2.45, 2.75) is 6.54 Å². The summed E-state index contributed by atoms with van der Waals surface area (Å²) in [5.41, 5.74) is 6.54. The van der Waals surface area contributed by atoms with Gasteiger partial charge in [0.1, 0.15) is 0 Å². The van der Waals surface area contributed by atoms with Crippen LogP contribution in [-0.4, -0.2) is 36.8 Å². The number of aliphatic hydroxyl groups is 2. The van der Waals surface area contributed by atoms with Gasteiger partial charge in [-0.05, 0) is 5.56 Å². The summed E-state index contributed by atoms with van der Waals surface area (Å²) < 4.78 is 0. The molecule has 1 aromatic carbocycles. The molecule has 0 spiro atoms. The molecule has 0 fully saturated rings. The van der Waals surface area contributed by atoms with Crippen LogP contribution in [0.3, 0.4) is 0 Å². The van der Waals surface area contributed by atoms with Crippen LogP contribution in [0.4, 0.5) is 0 Å². The van der Waals surface area contributed by atoms with E-state index in [4.69, 9.17) is 15.9 Å². The molecule has 0 aliphatic rings. The molecule has 5 heteroatoms. The van der Waals surface area contributed by atoms with Gasteiger partial charge in [0.15, 0.2) is 0 Å². The zero-order valence-corrected chi connectivity index (χ0v) is 9.39. The van der Waals surface area contributed by atoms with Crippen LogP contribution >= 0.6 is 0 Å². The molecular formula is C11H21N3O2. The third-order valence-corrected chi connectivity index (χ3v) is 1.78. The van der Waals surface area contributed by atoms with Crippen LogP contribution in [0.15, 0.2) is 30.3 Å². The lowest BCUT2D eigenvalue weighted by Crippen LogP contribution is -2.28. The first-order chi connectivity index (χ1) is 7.85. The molecule has 1 aromatic rings. The van der Waals surface area contributed by atoms with E-state index in [0.29, 0.717) is 19.6 Å². The number of hydrogen-bond donors (Lipinski definition) is 5. The minimum absolute atomic E-state index is 0.00684. The van der Waals surface area contributed by atoms with E-state index in [1.54, 1.807) is 0 Å². The molecule has 0 aliphatic carbocycles. The number of rotatable bonds is 6. The van der Waals surface area contributed by atoms with Crippen LogP contribution in [0, 0.1) is 0 Å². The number of hydrogen-bond acceptors (Lipinski definition) is 5. The van der Waals surface area contributed by atoms with Gasteiger partial charge in [-0.25, -0.2) is 0 Å². The third kappa shape index (κ3) is 9.57. The standard InChI is InChI=1S/C7H9N.C4H12N2O2/c8-6-7-4-2-1-3-5-7;7-3-5-1-2-6-4-8/h1-5H,6,8H2;5-8H,1-4H2. The van der Waals surface area contributed by atoms with Gasteiger partial charge in [0, 0.05) is 19.6 Å². The molecule has 0 bridgehead atoms. The predicted molar refractivity (Wildman–Crippen MR) is 64.5 cm³/mol. The second-order valence-electron chi connectivity index (χ2n) is 3.01. The van der Waals surface area contributed by atoms with Crippen molar-refractivity contribution in [1.29, 1.82) is 0 Å². The molecule has 0 heterocycles. The molecule has 1 rings (SSSR count). The van der Waals surface area contributed by atoms with Gasteiger partial charge in [-0.1, -0.05) is 30.3 Å². The smallest absolute Gasteiger partial charge is 0.0931 e. The van der Waals surface area contributed by atoms with Crippen molar-refractivity contribution in [3.63, 3.8) is 0 Å². The van der Waals surface area contributed by atoms with Crippen molar-refractivity contribution in [3.05, 3.63) is 35.9 Å². The molecule has 92 valence electrons. The minimum atomic E-state index is -0.00684. The molecular weight excluding hydrogens is 206 g/mol. The molecule has 0 saturated carbocycles. The Morgan fingerprint density at radius 1 is 0.938 bits per heavy atom. The Morgan fingerprint density at radius 3 is 1.75 bits per heavy atom. The van der Waals surface area contributed by atoms with Gasteiger partial charge in [-0.3, -0.25) is 10.6 Å². The third-order valence-electron chi connectivity index (χ3n) is 1.78. The van der Waals surface area contributed by atoms with Crippen LogP contribution in [0.5, 0.6) is 0 Å². The van der Waals surface area contributed by atoms with E-state index in [9.17, 15) is 0 Å². The van der Waals surface area contributed by atoms with Crippen molar-refractivity contribution in [2.75, 3.05) is 26.6 Å². The average Bonchev–Trinajstić information content (AvgIpc) is 2.36. The largest absolute Gasteiger partial charge is 0.381 e. The van der Waals surface area contributed by atoms with E-state index in [0.717, 1.165) is 0 Å². The Kier molecular flexibility index (Phi) is 11.4. The quantitative estimate of drug-likeness (QED) is 0.324. The van der Waals surface area contributed by atoms with Gasteiger partial charge in [0.25, 0.3) is 0 Å². The Labute approximate surface area is 96.3 Å². The molecule has 16 heavy (non-hydrogen) atoms. The Hall–Kier alpha value is -0.980. The molecule has 0 aromatic heterocycles. The fourth-order valence-corrected chi connectivity index (χ4v) is 0.949. The normalized spacial score (nSPS) is 9.44. The number of aliphatic hydroxyl groups excluding tert-OH is 2. The van der Waals surface area contributed by atoms with Crippen molar-refractivity contribution in [2.24, 2.45) is 5.73 Å².